The zero-order chi connectivity index (χ0) is 10.9. The zero-order valence-electron chi connectivity index (χ0n) is 8.64. The van der Waals surface area contributed by atoms with Crippen LogP contribution in [0.4, 0.5) is 0 Å². The van der Waals surface area contributed by atoms with Crippen LogP contribution in [0.25, 0.3) is 11.1 Å². The first-order chi connectivity index (χ1) is 7.07. The quantitative estimate of drug-likeness (QED) is 0.785. The highest BCUT2D eigenvalue weighted by Crippen LogP contribution is 2.35. The van der Waals surface area contributed by atoms with Crippen LogP contribution in [0.5, 0.6) is 0 Å². The maximum absolute atomic E-state index is 11.9. The fraction of sp³-hybridized carbons (Fsp3) is 0.200. The lowest BCUT2D eigenvalue weighted by molar-refractivity contribution is 0.588. The number of hydrogen-bond donors (Lipinski definition) is 1. The molecule has 4 nitrogen and oxygen atoms in total. The summed E-state index contributed by atoms with van der Waals surface area (Å²) in [4.78, 5) is 4.09. The first kappa shape index (κ1) is 10.1. The molecule has 0 aromatic carbocycles. The minimum absolute atomic E-state index is 0.793. The van der Waals surface area contributed by atoms with Gasteiger partial charge in [-0.15, -0.1) is 0 Å². The van der Waals surface area contributed by atoms with E-state index in [4.69, 9.17) is 0 Å². The van der Waals surface area contributed by atoms with Crippen molar-refractivity contribution in [2.45, 2.75) is 0 Å². The first-order valence-corrected chi connectivity index (χ1v) is 7.17. The number of hydrogen-bond acceptors (Lipinski definition) is 3. The van der Waals surface area contributed by atoms with Crippen molar-refractivity contribution in [3.8, 4) is 11.1 Å². The second-order valence-corrected chi connectivity index (χ2v) is 6.99. The normalized spacial score (nSPS) is 11.6. The van der Waals surface area contributed by atoms with Gasteiger partial charge in [-0.25, -0.2) is 0 Å². The third-order valence-electron chi connectivity index (χ3n) is 2.18. The predicted molar refractivity (Wildman–Crippen MR) is 60.9 cm³/mol. The molecule has 78 valence electrons. The van der Waals surface area contributed by atoms with E-state index in [-0.39, 0.29) is 0 Å². The van der Waals surface area contributed by atoms with Crippen LogP contribution in [0.2, 0.25) is 0 Å². The van der Waals surface area contributed by atoms with Crippen molar-refractivity contribution in [3.05, 3.63) is 30.9 Å². The van der Waals surface area contributed by atoms with E-state index < -0.39 is 7.14 Å². The van der Waals surface area contributed by atoms with Gasteiger partial charge in [-0.05, 0) is 19.4 Å². The van der Waals surface area contributed by atoms with Gasteiger partial charge in [-0.1, -0.05) is 0 Å². The van der Waals surface area contributed by atoms with Crippen LogP contribution < -0.4 is 5.30 Å². The van der Waals surface area contributed by atoms with Crippen molar-refractivity contribution in [2.24, 2.45) is 0 Å². The second kappa shape index (κ2) is 3.63. The van der Waals surface area contributed by atoms with E-state index in [1.54, 1.807) is 38.1 Å². The first-order valence-electron chi connectivity index (χ1n) is 4.57. The maximum Gasteiger partial charge on any atom is 0.111 e. The van der Waals surface area contributed by atoms with Gasteiger partial charge in [0.2, 0.25) is 0 Å². The molecule has 0 saturated heterocycles. The monoisotopic (exact) mass is 221 g/mol. The van der Waals surface area contributed by atoms with E-state index in [0.29, 0.717) is 0 Å². The van der Waals surface area contributed by atoms with Crippen molar-refractivity contribution in [3.63, 3.8) is 0 Å². The number of nitrogens with one attached hydrogen (secondary N) is 1. The molecule has 0 aliphatic carbocycles. The number of rotatable bonds is 2. The Hall–Kier alpha value is -1.41. The highest BCUT2D eigenvalue weighted by Gasteiger charge is 2.12. The summed E-state index contributed by atoms with van der Waals surface area (Å²) in [7, 11) is -2.24. The molecule has 0 aliphatic rings. The molecular weight excluding hydrogens is 209 g/mol. The van der Waals surface area contributed by atoms with Crippen LogP contribution in [-0.2, 0) is 4.57 Å². The summed E-state index contributed by atoms with van der Waals surface area (Å²) < 4.78 is 11.9. The lowest BCUT2D eigenvalue weighted by Crippen LogP contribution is -2.03. The van der Waals surface area contributed by atoms with Gasteiger partial charge in [0.1, 0.15) is 7.14 Å². The molecule has 0 fully saturated rings. The average Bonchev–Trinajstić information content (AvgIpc) is 2.69. The average molecular weight is 221 g/mol. The van der Waals surface area contributed by atoms with E-state index in [1.165, 1.54) is 0 Å². The Morgan fingerprint density at radius 1 is 1.20 bits per heavy atom. The molecule has 2 aromatic heterocycles. The Balaban J connectivity index is 2.49. The van der Waals surface area contributed by atoms with Gasteiger partial charge in [-0.3, -0.25) is 10.1 Å². The Labute approximate surface area is 88.1 Å². The van der Waals surface area contributed by atoms with E-state index in [0.717, 1.165) is 16.4 Å². The minimum Gasteiger partial charge on any atom is -0.319 e. The standard InChI is InChI=1S/C10H12N3OP/c1-15(2,14)10-3-8(4-11-7-10)9-5-12-13-6-9/h3-7H,1-2H3,(H,12,13). The molecular formula is C10H12N3OP. The van der Waals surface area contributed by atoms with Crippen molar-refractivity contribution in [1.29, 1.82) is 0 Å². The number of H-pyrrole nitrogens is 1. The fourth-order valence-corrected chi connectivity index (χ4v) is 2.08. The van der Waals surface area contributed by atoms with Crippen molar-refractivity contribution in [1.82, 2.24) is 15.2 Å². The molecule has 0 saturated carbocycles. The number of aromatic amines is 1. The summed E-state index contributed by atoms with van der Waals surface area (Å²) in [5.74, 6) is 0. The molecule has 0 aliphatic heterocycles. The molecule has 0 unspecified atom stereocenters. The SMILES string of the molecule is CP(C)(=O)c1cncc(-c2cn[nH]c2)c1. The van der Waals surface area contributed by atoms with Crippen molar-refractivity contribution < 1.29 is 4.57 Å². The molecule has 5 heteroatoms. The van der Waals surface area contributed by atoms with Crippen molar-refractivity contribution in [2.75, 3.05) is 13.3 Å². The van der Waals surface area contributed by atoms with Crippen LogP contribution in [0.15, 0.2) is 30.9 Å². The van der Waals surface area contributed by atoms with Gasteiger partial charge in [0.05, 0.1) is 6.20 Å². The highest BCUT2D eigenvalue weighted by atomic mass is 31.2. The summed E-state index contributed by atoms with van der Waals surface area (Å²) in [6.07, 6.45) is 6.91. The van der Waals surface area contributed by atoms with Gasteiger partial charge in [-0.2, -0.15) is 5.10 Å². The Bertz CT molecular complexity index is 501. The topological polar surface area (TPSA) is 58.6 Å². The molecule has 2 heterocycles. The van der Waals surface area contributed by atoms with Gasteiger partial charge in [0, 0.05) is 35.0 Å². The van der Waals surface area contributed by atoms with Gasteiger partial charge in [0.15, 0.2) is 0 Å². The summed E-state index contributed by atoms with van der Waals surface area (Å²) in [5, 5.41) is 7.40. The van der Waals surface area contributed by atoms with E-state index in [1.807, 2.05) is 6.07 Å². The number of pyridine rings is 1. The largest absolute Gasteiger partial charge is 0.319 e. The summed E-state index contributed by atoms with van der Waals surface area (Å²) in [6, 6.07) is 1.90. The van der Waals surface area contributed by atoms with Crippen LogP contribution in [0.1, 0.15) is 0 Å². The minimum atomic E-state index is -2.24. The van der Waals surface area contributed by atoms with Crippen LogP contribution in [0, 0.1) is 0 Å². The Kier molecular flexibility index (Phi) is 2.45. The van der Waals surface area contributed by atoms with Crippen molar-refractivity contribution >= 4 is 12.4 Å². The Morgan fingerprint density at radius 2 is 2.00 bits per heavy atom. The lowest BCUT2D eigenvalue weighted by atomic mass is 10.2. The van der Waals surface area contributed by atoms with Crippen LogP contribution in [-0.4, -0.2) is 28.5 Å². The third-order valence-corrected chi connectivity index (χ3v) is 3.67. The smallest absolute Gasteiger partial charge is 0.111 e. The molecule has 2 aromatic rings. The molecule has 0 spiro atoms. The Morgan fingerprint density at radius 3 is 2.60 bits per heavy atom. The predicted octanol–water partition coefficient (Wildman–Crippen LogP) is 1.72. The van der Waals surface area contributed by atoms with Crippen LogP contribution in [0.3, 0.4) is 0 Å². The molecule has 0 bridgehead atoms. The molecule has 0 amide bonds. The fourth-order valence-electron chi connectivity index (χ4n) is 1.29. The van der Waals surface area contributed by atoms with E-state index in [2.05, 4.69) is 15.2 Å². The van der Waals surface area contributed by atoms with E-state index in [9.17, 15) is 4.57 Å². The van der Waals surface area contributed by atoms with Crippen LogP contribution >= 0.6 is 7.14 Å². The summed E-state index contributed by atoms with van der Waals surface area (Å²) in [5.41, 5.74) is 1.89. The third kappa shape index (κ3) is 2.16. The number of nitrogens with zero attached hydrogens (tertiary/aromatic N) is 2. The summed E-state index contributed by atoms with van der Waals surface area (Å²) >= 11 is 0. The molecule has 15 heavy (non-hydrogen) atoms. The lowest BCUT2D eigenvalue weighted by Gasteiger charge is -2.07. The molecule has 1 N–H and O–H groups in total. The second-order valence-electron chi connectivity index (χ2n) is 3.77. The molecule has 0 radical (unpaired) electrons. The maximum atomic E-state index is 11.9. The van der Waals surface area contributed by atoms with Gasteiger partial charge in [0.25, 0.3) is 0 Å². The number of aromatic nitrogens is 3. The van der Waals surface area contributed by atoms with E-state index >= 15 is 0 Å². The summed E-state index contributed by atoms with van der Waals surface area (Å²) in [6.45, 7) is 3.48. The van der Waals surface area contributed by atoms with Gasteiger partial charge < -0.3 is 4.57 Å². The molecule has 2 rings (SSSR count). The molecule has 0 atom stereocenters. The zero-order valence-corrected chi connectivity index (χ0v) is 9.53. The van der Waals surface area contributed by atoms with Gasteiger partial charge >= 0.3 is 0 Å². The highest BCUT2D eigenvalue weighted by molar-refractivity contribution is 7.70.